The Kier molecular flexibility index (Phi) is 6.93. The first-order chi connectivity index (χ1) is 15.5. The van der Waals surface area contributed by atoms with Crippen molar-refractivity contribution < 1.29 is 4.79 Å². The monoisotopic (exact) mass is 462 g/mol. The molecule has 0 unspecified atom stereocenters. The van der Waals surface area contributed by atoms with E-state index in [1.54, 1.807) is 24.3 Å². The van der Waals surface area contributed by atoms with Gasteiger partial charge in [-0.25, -0.2) is 0 Å². The molecule has 0 fully saturated rings. The SMILES string of the molecule is Cc1ccc(-n2c(Cc3ccccc3)nnc2SCC(=O)Nc2ccc(Cl)cc2)cc1C. The Hall–Kier alpha value is -3.09. The molecule has 32 heavy (non-hydrogen) atoms. The molecule has 5 nitrogen and oxygen atoms in total. The van der Waals surface area contributed by atoms with Crippen molar-refractivity contribution in [3.8, 4) is 5.69 Å². The lowest BCUT2D eigenvalue weighted by atomic mass is 10.1. The first-order valence-corrected chi connectivity index (χ1v) is 11.6. The molecule has 0 atom stereocenters. The van der Waals surface area contributed by atoms with Crippen LogP contribution in [0.1, 0.15) is 22.5 Å². The van der Waals surface area contributed by atoms with Gasteiger partial charge in [0.2, 0.25) is 5.91 Å². The number of hydrogen-bond acceptors (Lipinski definition) is 4. The van der Waals surface area contributed by atoms with Crippen LogP contribution in [0.5, 0.6) is 0 Å². The van der Waals surface area contributed by atoms with Gasteiger partial charge >= 0.3 is 0 Å². The number of nitrogens with zero attached hydrogens (tertiary/aromatic N) is 3. The van der Waals surface area contributed by atoms with Crippen molar-refractivity contribution in [1.82, 2.24) is 14.8 Å². The number of rotatable bonds is 7. The molecule has 4 rings (SSSR count). The summed E-state index contributed by atoms with van der Waals surface area (Å²) >= 11 is 7.28. The second-order valence-electron chi connectivity index (χ2n) is 7.51. The Morgan fingerprint density at radius 2 is 1.72 bits per heavy atom. The number of carbonyl (C=O) groups excluding carboxylic acids is 1. The Bertz CT molecular complexity index is 1220. The van der Waals surface area contributed by atoms with E-state index in [9.17, 15) is 4.79 Å². The van der Waals surface area contributed by atoms with Crippen LogP contribution >= 0.6 is 23.4 Å². The van der Waals surface area contributed by atoms with Crippen molar-refractivity contribution in [1.29, 1.82) is 0 Å². The van der Waals surface area contributed by atoms with Gasteiger partial charge in [-0.05, 0) is 66.9 Å². The molecular weight excluding hydrogens is 440 g/mol. The van der Waals surface area contributed by atoms with Crippen molar-refractivity contribution in [2.45, 2.75) is 25.4 Å². The standard InChI is InChI=1S/C25H23ClN4OS/c1-17-8-13-22(14-18(17)2)30-23(15-19-6-4-3-5-7-19)28-29-25(30)32-16-24(31)27-21-11-9-20(26)10-12-21/h3-14H,15-16H2,1-2H3,(H,27,31). The number of amides is 1. The van der Waals surface area contributed by atoms with Crippen molar-refractivity contribution in [2.24, 2.45) is 0 Å². The number of hydrogen-bond donors (Lipinski definition) is 1. The highest BCUT2D eigenvalue weighted by Crippen LogP contribution is 2.25. The molecular formula is C25H23ClN4OS. The highest BCUT2D eigenvalue weighted by Gasteiger charge is 2.17. The zero-order chi connectivity index (χ0) is 22.5. The Morgan fingerprint density at radius 3 is 2.44 bits per heavy atom. The van der Waals surface area contributed by atoms with Gasteiger partial charge in [0.25, 0.3) is 0 Å². The topological polar surface area (TPSA) is 59.8 Å². The van der Waals surface area contributed by atoms with Crippen molar-refractivity contribution in [2.75, 3.05) is 11.1 Å². The molecule has 1 heterocycles. The average molecular weight is 463 g/mol. The average Bonchev–Trinajstić information content (AvgIpc) is 3.19. The largest absolute Gasteiger partial charge is 0.325 e. The summed E-state index contributed by atoms with van der Waals surface area (Å²) < 4.78 is 2.04. The van der Waals surface area contributed by atoms with Crippen LogP contribution in [-0.2, 0) is 11.2 Å². The summed E-state index contributed by atoms with van der Waals surface area (Å²) in [6.45, 7) is 4.18. The Morgan fingerprint density at radius 1 is 0.969 bits per heavy atom. The zero-order valence-corrected chi connectivity index (χ0v) is 19.5. The number of thioether (sulfide) groups is 1. The summed E-state index contributed by atoms with van der Waals surface area (Å²) in [7, 11) is 0. The van der Waals surface area contributed by atoms with E-state index in [2.05, 4.69) is 59.7 Å². The van der Waals surface area contributed by atoms with E-state index in [1.807, 2.05) is 22.8 Å². The molecule has 0 saturated heterocycles. The molecule has 3 aromatic carbocycles. The van der Waals surface area contributed by atoms with Gasteiger partial charge in [-0.2, -0.15) is 0 Å². The lowest BCUT2D eigenvalue weighted by Crippen LogP contribution is -2.14. The Labute approximate surface area is 196 Å². The fourth-order valence-electron chi connectivity index (χ4n) is 3.27. The molecule has 7 heteroatoms. The number of carbonyl (C=O) groups is 1. The maximum Gasteiger partial charge on any atom is 0.234 e. The smallest absolute Gasteiger partial charge is 0.234 e. The van der Waals surface area contributed by atoms with Crippen LogP contribution in [0.3, 0.4) is 0 Å². The molecule has 162 valence electrons. The van der Waals surface area contributed by atoms with Gasteiger partial charge in [-0.3, -0.25) is 9.36 Å². The van der Waals surface area contributed by atoms with E-state index >= 15 is 0 Å². The van der Waals surface area contributed by atoms with Gasteiger partial charge in [0.1, 0.15) is 5.82 Å². The van der Waals surface area contributed by atoms with Gasteiger partial charge in [0.05, 0.1) is 5.75 Å². The van der Waals surface area contributed by atoms with Crippen LogP contribution in [0.4, 0.5) is 5.69 Å². The summed E-state index contributed by atoms with van der Waals surface area (Å²) in [6, 6.07) is 23.5. The number of nitrogens with one attached hydrogen (secondary N) is 1. The molecule has 1 aromatic heterocycles. The van der Waals surface area contributed by atoms with Gasteiger partial charge in [0, 0.05) is 22.8 Å². The van der Waals surface area contributed by atoms with Crippen LogP contribution in [-0.4, -0.2) is 26.4 Å². The first kappa shape index (κ1) is 22.1. The molecule has 0 spiro atoms. The molecule has 0 aliphatic rings. The summed E-state index contributed by atoms with van der Waals surface area (Å²) in [5.41, 5.74) is 5.27. The van der Waals surface area contributed by atoms with Gasteiger partial charge < -0.3 is 5.32 Å². The predicted molar refractivity (Wildman–Crippen MR) is 131 cm³/mol. The normalized spacial score (nSPS) is 10.8. The molecule has 4 aromatic rings. The van der Waals surface area contributed by atoms with E-state index < -0.39 is 0 Å². The quantitative estimate of drug-likeness (QED) is 0.349. The van der Waals surface area contributed by atoms with E-state index in [0.717, 1.165) is 17.1 Å². The second kappa shape index (κ2) is 10.0. The number of aryl methyl sites for hydroxylation is 2. The van der Waals surface area contributed by atoms with E-state index in [0.29, 0.717) is 22.3 Å². The zero-order valence-electron chi connectivity index (χ0n) is 17.9. The second-order valence-corrected chi connectivity index (χ2v) is 8.89. The molecule has 0 radical (unpaired) electrons. The summed E-state index contributed by atoms with van der Waals surface area (Å²) in [5, 5.41) is 13.1. The van der Waals surface area contributed by atoms with Crippen LogP contribution in [0.15, 0.2) is 78.0 Å². The maximum atomic E-state index is 12.5. The van der Waals surface area contributed by atoms with Crippen molar-refractivity contribution >= 4 is 35.0 Å². The van der Waals surface area contributed by atoms with Crippen molar-refractivity contribution in [3.63, 3.8) is 0 Å². The minimum atomic E-state index is -0.114. The minimum Gasteiger partial charge on any atom is -0.325 e. The number of anilines is 1. The summed E-state index contributed by atoms with van der Waals surface area (Å²) in [6.07, 6.45) is 0.651. The van der Waals surface area contributed by atoms with Crippen LogP contribution in [0, 0.1) is 13.8 Å². The van der Waals surface area contributed by atoms with Crippen LogP contribution in [0.2, 0.25) is 5.02 Å². The highest BCUT2D eigenvalue weighted by atomic mass is 35.5. The molecule has 0 aliphatic carbocycles. The van der Waals surface area contributed by atoms with E-state index in [4.69, 9.17) is 11.6 Å². The molecule has 0 aliphatic heterocycles. The van der Waals surface area contributed by atoms with E-state index in [-0.39, 0.29) is 11.7 Å². The minimum absolute atomic E-state index is 0.114. The van der Waals surface area contributed by atoms with Crippen LogP contribution < -0.4 is 5.32 Å². The lowest BCUT2D eigenvalue weighted by molar-refractivity contribution is -0.113. The third-order valence-corrected chi connectivity index (χ3v) is 6.30. The van der Waals surface area contributed by atoms with Gasteiger partial charge in [-0.15, -0.1) is 10.2 Å². The predicted octanol–water partition coefficient (Wildman–Crippen LogP) is 5.86. The molecule has 1 N–H and O–H groups in total. The van der Waals surface area contributed by atoms with Crippen LogP contribution in [0.25, 0.3) is 5.69 Å². The van der Waals surface area contributed by atoms with E-state index in [1.165, 1.54) is 22.9 Å². The third kappa shape index (κ3) is 5.39. The fraction of sp³-hybridized carbons (Fsp3) is 0.160. The summed E-state index contributed by atoms with van der Waals surface area (Å²) in [5.74, 6) is 0.938. The summed E-state index contributed by atoms with van der Waals surface area (Å²) in [4.78, 5) is 12.5. The Balaban J connectivity index is 1.57. The molecule has 1 amide bonds. The third-order valence-electron chi connectivity index (χ3n) is 5.11. The van der Waals surface area contributed by atoms with Crippen molar-refractivity contribution in [3.05, 3.63) is 100 Å². The number of aromatic nitrogens is 3. The maximum absolute atomic E-state index is 12.5. The molecule has 0 bridgehead atoms. The first-order valence-electron chi connectivity index (χ1n) is 10.2. The highest BCUT2D eigenvalue weighted by molar-refractivity contribution is 7.99. The number of halogens is 1. The fourth-order valence-corrected chi connectivity index (χ4v) is 4.17. The lowest BCUT2D eigenvalue weighted by Gasteiger charge is -2.12. The molecule has 0 saturated carbocycles. The van der Waals surface area contributed by atoms with Gasteiger partial charge in [-0.1, -0.05) is 59.8 Å². The number of benzene rings is 3. The van der Waals surface area contributed by atoms with Gasteiger partial charge in [0.15, 0.2) is 5.16 Å².